The highest BCUT2D eigenvalue weighted by molar-refractivity contribution is 5.90. The van der Waals surface area contributed by atoms with E-state index in [2.05, 4.69) is 28.7 Å². The average molecular weight is 432 g/mol. The molecule has 7 heteroatoms. The molecule has 164 valence electrons. The lowest BCUT2D eigenvalue weighted by Crippen LogP contribution is -2.47. The SMILES string of the molecule is C#CCC(NC(=O)C1(CNC(=O)OCC2c3ccccc3-c3ccccc32)CC1)C(=O)O. The number of nitrogens with one attached hydrogen (secondary N) is 2. The molecule has 0 aliphatic heterocycles. The lowest BCUT2D eigenvalue weighted by atomic mass is 9.98. The standard InChI is InChI=1S/C25H24N2O5/c1-2-7-21(22(28)29)27-23(30)25(12-13-25)15-26-24(31)32-14-20-18-10-5-3-8-16(18)17-9-4-6-11-19(17)20/h1,3-6,8-11,20-21H,7,12-15H2,(H,26,31)(H,27,30)(H,28,29). The van der Waals surface area contributed by atoms with Crippen LogP contribution in [0, 0.1) is 17.8 Å². The van der Waals surface area contributed by atoms with E-state index in [1.54, 1.807) is 0 Å². The number of hydrogen-bond acceptors (Lipinski definition) is 4. The minimum atomic E-state index is -1.18. The lowest BCUT2D eigenvalue weighted by molar-refractivity contribution is -0.142. The van der Waals surface area contributed by atoms with Gasteiger partial charge in [-0.25, -0.2) is 9.59 Å². The van der Waals surface area contributed by atoms with Crippen LogP contribution in [0.5, 0.6) is 0 Å². The monoisotopic (exact) mass is 432 g/mol. The number of amides is 2. The van der Waals surface area contributed by atoms with Crippen LogP contribution in [-0.4, -0.2) is 42.3 Å². The van der Waals surface area contributed by atoms with Gasteiger partial charge in [0.05, 0.1) is 5.41 Å². The summed E-state index contributed by atoms with van der Waals surface area (Å²) in [7, 11) is 0. The van der Waals surface area contributed by atoms with Gasteiger partial charge in [0.2, 0.25) is 5.91 Å². The van der Waals surface area contributed by atoms with Crippen LogP contribution in [0.15, 0.2) is 48.5 Å². The lowest BCUT2D eigenvalue weighted by Gasteiger charge is -2.19. The third kappa shape index (κ3) is 4.17. The second kappa shape index (κ2) is 8.75. The van der Waals surface area contributed by atoms with Gasteiger partial charge in [-0.3, -0.25) is 4.79 Å². The first-order valence-corrected chi connectivity index (χ1v) is 10.5. The van der Waals surface area contributed by atoms with Gasteiger partial charge in [-0.05, 0) is 35.1 Å². The Morgan fingerprint density at radius 3 is 2.22 bits per heavy atom. The van der Waals surface area contributed by atoms with Gasteiger partial charge < -0.3 is 20.5 Å². The molecule has 0 aromatic heterocycles. The van der Waals surface area contributed by atoms with Crippen LogP contribution < -0.4 is 10.6 Å². The van der Waals surface area contributed by atoms with Gasteiger partial charge in [-0.1, -0.05) is 48.5 Å². The van der Waals surface area contributed by atoms with E-state index in [-0.39, 0.29) is 25.5 Å². The van der Waals surface area contributed by atoms with Gasteiger partial charge in [-0.15, -0.1) is 12.3 Å². The van der Waals surface area contributed by atoms with Crippen LogP contribution in [0.1, 0.15) is 36.3 Å². The maximum atomic E-state index is 12.5. The number of alkyl carbamates (subject to hydrolysis) is 1. The minimum Gasteiger partial charge on any atom is -0.480 e. The van der Waals surface area contributed by atoms with Gasteiger partial charge >= 0.3 is 12.1 Å². The van der Waals surface area contributed by atoms with E-state index >= 15 is 0 Å². The smallest absolute Gasteiger partial charge is 0.407 e. The Balaban J connectivity index is 1.33. The number of aliphatic carboxylic acids is 1. The summed E-state index contributed by atoms with van der Waals surface area (Å²) in [6.45, 7) is 0.264. The van der Waals surface area contributed by atoms with Crippen LogP contribution in [0.3, 0.4) is 0 Å². The highest BCUT2D eigenvalue weighted by Gasteiger charge is 2.50. The number of fused-ring (bicyclic) bond motifs is 3. The molecule has 1 unspecified atom stereocenters. The fourth-order valence-corrected chi connectivity index (χ4v) is 4.16. The first-order chi connectivity index (χ1) is 15.4. The number of carbonyl (C=O) groups excluding carboxylic acids is 2. The van der Waals surface area contributed by atoms with Crippen molar-refractivity contribution in [2.24, 2.45) is 5.41 Å². The zero-order chi connectivity index (χ0) is 22.7. The third-order valence-corrected chi connectivity index (χ3v) is 6.18. The molecule has 2 aromatic rings. The summed E-state index contributed by atoms with van der Waals surface area (Å²) in [4.78, 5) is 36.1. The summed E-state index contributed by atoms with van der Waals surface area (Å²) in [6.07, 6.45) is 5.59. The number of rotatable bonds is 8. The second-order valence-electron chi connectivity index (χ2n) is 8.23. The number of carboxylic acid groups (broad SMARTS) is 1. The van der Waals surface area contributed by atoms with Crippen molar-refractivity contribution in [3.63, 3.8) is 0 Å². The largest absolute Gasteiger partial charge is 0.480 e. The van der Waals surface area contributed by atoms with Crippen LogP contribution in [0.4, 0.5) is 4.79 Å². The number of carbonyl (C=O) groups is 3. The molecule has 0 heterocycles. The summed E-state index contributed by atoms with van der Waals surface area (Å²) in [5.41, 5.74) is 3.71. The average Bonchev–Trinajstić information content (AvgIpc) is 3.53. The first kappa shape index (κ1) is 21.4. The number of carboxylic acids is 1. The molecule has 2 amide bonds. The van der Waals surface area contributed by atoms with Gasteiger partial charge in [0.1, 0.15) is 12.6 Å². The van der Waals surface area contributed by atoms with Crippen molar-refractivity contribution in [1.82, 2.24) is 10.6 Å². The summed E-state index contributed by atoms with van der Waals surface area (Å²) in [6, 6.07) is 15.0. The topological polar surface area (TPSA) is 105 Å². The van der Waals surface area contributed by atoms with E-state index < -0.39 is 29.4 Å². The van der Waals surface area contributed by atoms with Crippen molar-refractivity contribution in [1.29, 1.82) is 0 Å². The van der Waals surface area contributed by atoms with Crippen molar-refractivity contribution < 1.29 is 24.2 Å². The van der Waals surface area contributed by atoms with Crippen molar-refractivity contribution >= 4 is 18.0 Å². The maximum Gasteiger partial charge on any atom is 0.407 e. The molecule has 0 spiro atoms. The first-order valence-electron chi connectivity index (χ1n) is 10.5. The Bertz CT molecular complexity index is 1050. The Morgan fingerprint density at radius 1 is 1.09 bits per heavy atom. The van der Waals surface area contributed by atoms with Crippen LogP contribution in [0.2, 0.25) is 0 Å². The van der Waals surface area contributed by atoms with Crippen LogP contribution >= 0.6 is 0 Å². The Morgan fingerprint density at radius 2 is 1.69 bits per heavy atom. The fraction of sp³-hybridized carbons (Fsp3) is 0.320. The zero-order valence-electron chi connectivity index (χ0n) is 17.5. The van der Waals surface area contributed by atoms with Crippen molar-refractivity contribution in [2.45, 2.75) is 31.2 Å². The molecule has 1 atom stereocenters. The fourth-order valence-electron chi connectivity index (χ4n) is 4.16. The molecule has 7 nitrogen and oxygen atoms in total. The number of hydrogen-bond donors (Lipinski definition) is 3. The Labute approximate surface area is 186 Å². The van der Waals surface area contributed by atoms with Gasteiger partial charge in [-0.2, -0.15) is 0 Å². The van der Waals surface area contributed by atoms with Crippen molar-refractivity contribution in [3.8, 4) is 23.5 Å². The second-order valence-corrected chi connectivity index (χ2v) is 8.23. The zero-order valence-corrected chi connectivity index (χ0v) is 17.5. The summed E-state index contributed by atoms with van der Waals surface area (Å²) in [5, 5.41) is 14.3. The molecular formula is C25H24N2O5. The van der Waals surface area contributed by atoms with E-state index in [1.807, 2.05) is 36.4 Å². The molecule has 32 heavy (non-hydrogen) atoms. The molecule has 2 aliphatic rings. The Hall–Kier alpha value is -3.79. The number of benzene rings is 2. The van der Waals surface area contributed by atoms with E-state index in [1.165, 1.54) is 0 Å². The minimum absolute atomic E-state index is 0.0496. The molecular weight excluding hydrogens is 408 g/mol. The van der Waals surface area contributed by atoms with Gasteiger partial charge in [0.25, 0.3) is 0 Å². The summed E-state index contributed by atoms with van der Waals surface area (Å²) < 4.78 is 5.50. The molecule has 1 fully saturated rings. The van der Waals surface area contributed by atoms with E-state index in [9.17, 15) is 19.5 Å². The predicted molar refractivity (Wildman–Crippen MR) is 118 cm³/mol. The summed E-state index contributed by atoms with van der Waals surface area (Å²) in [5.74, 6) is 0.598. The van der Waals surface area contributed by atoms with E-state index in [4.69, 9.17) is 11.2 Å². The quantitative estimate of drug-likeness (QED) is 0.557. The highest BCUT2D eigenvalue weighted by Crippen LogP contribution is 2.46. The molecule has 0 saturated heterocycles. The highest BCUT2D eigenvalue weighted by atomic mass is 16.5. The van der Waals surface area contributed by atoms with E-state index in [0.717, 1.165) is 22.3 Å². The van der Waals surface area contributed by atoms with Crippen LogP contribution in [0.25, 0.3) is 11.1 Å². The van der Waals surface area contributed by atoms with Crippen LogP contribution in [-0.2, 0) is 14.3 Å². The van der Waals surface area contributed by atoms with Gasteiger partial charge in [0, 0.05) is 18.9 Å². The maximum absolute atomic E-state index is 12.5. The Kier molecular flexibility index (Phi) is 5.87. The van der Waals surface area contributed by atoms with Gasteiger partial charge in [0.15, 0.2) is 0 Å². The molecule has 1 saturated carbocycles. The number of terminal acetylenes is 1. The predicted octanol–water partition coefficient (Wildman–Crippen LogP) is 2.90. The molecule has 4 rings (SSSR count). The number of ether oxygens (including phenoxy) is 1. The third-order valence-electron chi connectivity index (χ3n) is 6.18. The molecule has 0 radical (unpaired) electrons. The normalized spacial score (nSPS) is 16.1. The molecule has 0 bridgehead atoms. The van der Waals surface area contributed by atoms with E-state index in [0.29, 0.717) is 12.8 Å². The van der Waals surface area contributed by atoms with Crippen molar-refractivity contribution in [2.75, 3.05) is 13.2 Å². The molecule has 2 aromatic carbocycles. The molecule has 2 aliphatic carbocycles. The summed E-state index contributed by atoms with van der Waals surface area (Å²) >= 11 is 0. The van der Waals surface area contributed by atoms with Crippen molar-refractivity contribution in [3.05, 3.63) is 59.7 Å². The molecule has 3 N–H and O–H groups in total.